The van der Waals surface area contributed by atoms with Crippen LogP contribution in [0.1, 0.15) is 23.2 Å². The summed E-state index contributed by atoms with van der Waals surface area (Å²) in [7, 11) is -3.96. The molecule has 0 unspecified atom stereocenters. The topological polar surface area (TPSA) is 83.5 Å². The molecule has 1 saturated heterocycles. The van der Waals surface area contributed by atoms with Gasteiger partial charge in [-0.25, -0.2) is 22.3 Å². The maximum Gasteiger partial charge on any atom is 0.335 e. The zero-order chi connectivity index (χ0) is 14.8. The molecule has 1 heterocycles. The average Bonchev–Trinajstić information content (AvgIpc) is 2.38. The summed E-state index contributed by atoms with van der Waals surface area (Å²) in [6, 6.07) is 2.59. The Morgan fingerprint density at radius 2 is 2.00 bits per heavy atom. The van der Waals surface area contributed by atoms with Crippen LogP contribution in [-0.4, -0.2) is 37.0 Å². The van der Waals surface area contributed by atoms with Crippen LogP contribution in [0.15, 0.2) is 23.1 Å². The second-order valence-corrected chi connectivity index (χ2v) is 7.37. The lowest BCUT2D eigenvalue weighted by Crippen LogP contribution is -2.37. The van der Waals surface area contributed by atoms with Crippen LogP contribution in [0.3, 0.4) is 0 Å². The molecule has 2 N–H and O–H groups in total. The van der Waals surface area contributed by atoms with Crippen molar-refractivity contribution in [2.75, 3.05) is 11.5 Å². The van der Waals surface area contributed by atoms with Crippen molar-refractivity contribution in [1.82, 2.24) is 4.72 Å². The number of aromatic carboxylic acids is 1. The Balaban J connectivity index is 2.22. The van der Waals surface area contributed by atoms with Crippen LogP contribution in [0.4, 0.5) is 4.39 Å². The molecule has 20 heavy (non-hydrogen) atoms. The largest absolute Gasteiger partial charge is 0.478 e. The lowest BCUT2D eigenvalue weighted by molar-refractivity contribution is 0.0696. The van der Waals surface area contributed by atoms with E-state index in [1.807, 2.05) is 0 Å². The van der Waals surface area contributed by atoms with Gasteiger partial charge in [0.2, 0.25) is 10.0 Å². The van der Waals surface area contributed by atoms with Crippen LogP contribution >= 0.6 is 11.8 Å². The molecule has 0 spiro atoms. The maximum absolute atomic E-state index is 13.8. The average molecular weight is 319 g/mol. The van der Waals surface area contributed by atoms with E-state index in [9.17, 15) is 17.6 Å². The molecule has 2 rings (SSSR count). The zero-order valence-electron chi connectivity index (χ0n) is 10.5. The monoisotopic (exact) mass is 319 g/mol. The molecule has 0 bridgehead atoms. The molecule has 0 amide bonds. The molecular weight excluding hydrogens is 305 g/mol. The smallest absolute Gasteiger partial charge is 0.335 e. The molecule has 1 fully saturated rings. The second-order valence-electron chi connectivity index (χ2n) is 4.46. The number of hydrogen-bond donors (Lipinski definition) is 2. The minimum absolute atomic E-state index is 0.195. The molecule has 0 aliphatic carbocycles. The van der Waals surface area contributed by atoms with E-state index in [2.05, 4.69) is 4.72 Å². The second kappa shape index (κ2) is 6.11. The van der Waals surface area contributed by atoms with E-state index in [0.717, 1.165) is 23.6 Å². The summed E-state index contributed by atoms with van der Waals surface area (Å²) in [5, 5.41) is 8.73. The van der Waals surface area contributed by atoms with Gasteiger partial charge in [0, 0.05) is 6.04 Å². The summed E-state index contributed by atoms with van der Waals surface area (Å²) in [4.78, 5) is 10.2. The van der Waals surface area contributed by atoms with Crippen LogP contribution in [0, 0.1) is 5.82 Å². The van der Waals surface area contributed by atoms with E-state index in [-0.39, 0.29) is 11.6 Å². The summed E-state index contributed by atoms with van der Waals surface area (Å²) in [5.41, 5.74) is -0.282. The lowest BCUT2D eigenvalue weighted by Gasteiger charge is -2.22. The highest BCUT2D eigenvalue weighted by atomic mass is 32.2. The van der Waals surface area contributed by atoms with Gasteiger partial charge in [-0.3, -0.25) is 0 Å². The number of benzene rings is 1. The number of carbonyl (C=O) groups is 1. The van der Waals surface area contributed by atoms with Gasteiger partial charge in [-0.05, 0) is 42.5 Å². The number of hydrogen-bond acceptors (Lipinski definition) is 4. The number of sulfonamides is 1. The van der Waals surface area contributed by atoms with Crippen molar-refractivity contribution in [3.8, 4) is 0 Å². The van der Waals surface area contributed by atoms with Crippen LogP contribution in [0.5, 0.6) is 0 Å². The van der Waals surface area contributed by atoms with Crippen molar-refractivity contribution >= 4 is 27.8 Å². The van der Waals surface area contributed by atoms with Gasteiger partial charge in [0.1, 0.15) is 10.7 Å². The Hall–Kier alpha value is -1.12. The maximum atomic E-state index is 13.8. The fraction of sp³-hybridized carbons (Fsp3) is 0.417. The number of carboxylic acid groups (broad SMARTS) is 1. The third-order valence-corrected chi connectivity index (χ3v) is 5.61. The minimum Gasteiger partial charge on any atom is -0.478 e. The molecule has 1 aliphatic heterocycles. The zero-order valence-corrected chi connectivity index (χ0v) is 12.1. The van der Waals surface area contributed by atoms with Crippen LogP contribution in [0.2, 0.25) is 0 Å². The lowest BCUT2D eigenvalue weighted by atomic mass is 10.2. The molecule has 0 atom stereocenters. The fourth-order valence-corrected chi connectivity index (χ4v) is 4.42. The molecule has 1 aliphatic rings. The van der Waals surface area contributed by atoms with E-state index >= 15 is 0 Å². The van der Waals surface area contributed by atoms with Gasteiger partial charge in [0.05, 0.1) is 5.56 Å². The first-order valence-electron chi connectivity index (χ1n) is 6.03. The summed E-state index contributed by atoms with van der Waals surface area (Å²) in [5.74, 6) is -0.617. The molecule has 1 aromatic rings. The SMILES string of the molecule is O=C(O)c1ccc(S(=O)(=O)NC2CCSCC2)c(F)c1. The van der Waals surface area contributed by atoms with E-state index < -0.39 is 26.7 Å². The van der Waals surface area contributed by atoms with Gasteiger partial charge in [0.25, 0.3) is 0 Å². The molecule has 0 radical (unpaired) electrons. The van der Waals surface area contributed by atoms with Crippen molar-refractivity contribution in [3.05, 3.63) is 29.6 Å². The van der Waals surface area contributed by atoms with E-state index in [1.54, 1.807) is 11.8 Å². The number of halogens is 1. The highest BCUT2D eigenvalue weighted by molar-refractivity contribution is 7.99. The molecule has 0 aromatic heterocycles. The Labute approximate surface area is 120 Å². The van der Waals surface area contributed by atoms with Gasteiger partial charge >= 0.3 is 5.97 Å². The highest BCUT2D eigenvalue weighted by Gasteiger charge is 2.25. The first kappa shape index (κ1) is 15.3. The first-order chi connectivity index (χ1) is 9.40. The molecule has 5 nitrogen and oxygen atoms in total. The molecule has 1 aromatic carbocycles. The summed E-state index contributed by atoms with van der Waals surface area (Å²) >= 11 is 1.75. The van der Waals surface area contributed by atoms with Crippen molar-refractivity contribution in [2.45, 2.75) is 23.8 Å². The van der Waals surface area contributed by atoms with Gasteiger partial charge in [-0.15, -0.1) is 0 Å². The highest BCUT2D eigenvalue weighted by Crippen LogP contribution is 2.21. The van der Waals surface area contributed by atoms with Crippen LogP contribution in [0.25, 0.3) is 0 Å². The summed E-state index contributed by atoms with van der Waals surface area (Å²) < 4.78 is 40.4. The van der Waals surface area contributed by atoms with Gasteiger partial charge < -0.3 is 5.11 Å². The molecule has 8 heteroatoms. The van der Waals surface area contributed by atoms with E-state index in [0.29, 0.717) is 18.9 Å². The Kier molecular flexibility index (Phi) is 4.66. The standard InChI is InChI=1S/C12H14FNO4S2/c13-10-7-8(12(15)16)1-2-11(10)20(17,18)14-9-3-5-19-6-4-9/h1-2,7,9,14H,3-6H2,(H,15,16). The quantitative estimate of drug-likeness (QED) is 0.882. The van der Waals surface area contributed by atoms with Crippen molar-refractivity contribution in [2.24, 2.45) is 0 Å². The van der Waals surface area contributed by atoms with Gasteiger partial charge in [-0.2, -0.15) is 11.8 Å². The van der Waals surface area contributed by atoms with Crippen molar-refractivity contribution < 1.29 is 22.7 Å². The van der Waals surface area contributed by atoms with Gasteiger partial charge in [-0.1, -0.05) is 0 Å². The van der Waals surface area contributed by atoms with Crippen molar-refractivity contribution in [3.63, 3.8) is 0 Å². The van der Waals surface area contributed by atoms with Gasteiger partial charge in [0.15, 0.2) is 0 Å². The first-order valence-corrected chi connectivity index (χ1v) is 8.67. The number of carboxylic acids is 1. The number of nitrogens with one attached hydrogen (secondary N) is 1. The number of thioether (sulfide) groups is 1. The predicted molar refractivity (Wildman–Crippen MR) is 74.0 cm³/mol. The van der Waals surface area contributed by atoms with Crippen LogP contribution < -0.4 is 4.72 Å². The fourth-order valence-electron chi connectivity index (χ4n) is 1.95. The molecular formula is C12H14FNO4S2. The Bertz CT molecular complexity index is 612. The molecule has 110 valence electrons. The third-order valence-electron chi connectivity index (χ3n) is 3.01. The van der Waals surface area contributed by atoms with Crippen molar-refractivity contribution in [1.29, 1.82) is 0 Å². The Morgan fingerprint density at radius 3 is 2.55 bits per heavy atom. The summed E-state index contributed by atoms with van der Waals surface area (Å²) in [6.45, 7) is 0. The van der Waals surface area contributed by atoms with Crippen LogP contribution in [-0.2, 0) is 10.0 Å². The Morgan fingerprint density at radius 1 is 1.35 bits per heavy atom. The number of rotatable bonds is 4. The van der Waals surface area contributed by atoms with E-state index in [4.69, 9.17) is 5.11 Å². The third kappa shape index (κ3) is 3.50. The minimum atomic E-state index is -3.96. The summed E-state index contributed by atoms with van der Waals surface area (Å²) in [6.07, 6.45) is 1.41. The predicted octanol–water partition coefficient (Wildman–Crippen LogP) is 1.70. The molecule has 0 saturated carbocycles. The van der Waals surface area contributed by atoms with E-state index in [1.165, 1.54) is 0 Å². The normalized spacial score (nSPS) is 17.1.